The minimum atomic E-state index is 0.538. The number of hydrogen-bond donors (Lipinski definition) is 0. The summed E-state index contributed by atoms with van der Waals surface area (Å²) in [5.74, 6) is 0.538. The summed E-state index contributed by atoms with van der Waals surface area (Å²) in [5, 5.41) is 1.29. The number of nitrogens with zero attached hydrogens (tertiary/aromatic N) is 2. The monoisotopic (exact) mass is 216 g/mol. The zero-order valence-electron chi connectivity index (χ0n) is 9.73. The van der Waals surface area contributed by atoms with Crippen LogP contribution in [0.15, 0.2) is 18.3 Å². The lowest BCUT2D eigenvalue weighted by Gasteiger charge is -2.15. The van der Waals surface area contributed by atoms with Crippen LogP contribution in [-0.4, -0.2) is 16.2 Å². The van der Waals surface area contributed by atoms with Gasteiger partial charge in [-0.3, -0.25) is 0 Å². The minimum Gasteiger partial charge on any atom is -0.373 e. The van der Waals surface area contributed by atoms with Crippen LogP contribution in [0.5, 0.6) is 0 Å². The lowest BCUT2D eigenvalue weighted by molar-refractivity contribution is 0.0863. The van der Waals surface area contributed by atoms with E-state index in [9.17, 15) is 0 Å². The molecule has 0 N–H and O–H groups in total. The zero-order valence-corrected chi connectivity index (χ0v) is 9.73. The van der Waals surface area contributed by atoms with Gasteiger partial charge in [0.05, 0.1) is 13.2 Å². The second kappa shape index (κ2) is 3.59. The van der Waals surface area contributed by atoms with Crippen molar-refractivity contribution in [3.63, 3.8) is 0 Å². The molecular formula is C13H16N2O. The maximum atomic E-state index is 5.48. The Kier molecular flexibility index (Phi) is 2.21. The lowest BCUT2D eigenvalue weighted by Crippen LogP contribution is -2.15. The van der Waals surface area contributed by atoms with Crippen molar-refractivity contribution < 1.29 is 4.74 Å². The first-order valence-electron chi connectivity index (χ1n) is 5.82. The van der Waals surface area contributed by atoms with Gasteiger partial charge in [0.1, 0.15) is 5.65 Å². The van der Waals surface area contributed by atoms with Crippen molar-refractivity contribution >= 4 is 11.0 Å². The van der Waals surface area contributed by atoms with Gasteiger partial charge in [-0.2, -0.15) is 0 Å². The molecule has 0 atom stereocenters. The van der Waals surface area contributed by atoms with E-state index >= 15 is 0 Å². The standard InChI is InChI=1S/C13H16N2O/c1-9(2)11-3-4-14-13-12(11)7-10-8-16-6-5-15(10)13/h3-4,7,9H,5-6,8H2,1-2H3. The van der Waals surface area contributed by atoms with E-state index < -0.39 is 0 Å². The average molecular weight is 216 g/mol. The van der Waals surface area contributed by atoms with Gasteiger partial charge in [0.2, 0.25) is 0 Å². The highest BCUT2D eigenvalue weighted by Gasteiger charge is 2.16. The number of hydrogen-bond acceptors (Lipinski definition) is 2. The molecule has 0 amide bonds. The Labute approximate surface area is 95.0 Å². The molecule has 3 heteroatoms. The number of rotatable bonds is 1. The number of fused-ring (bicyclic) bond motifs is 3. The number of ether oxygens (including phenoxy) is 1. The van der Waals surface area contributed by atoms with E-state index in [-0.39, 0.29) is 0 Å². The Morgan fingerprint density at radius 2 is 2.31 bits per heavy atom. The Bertz CT molecular complexity index is 528. The molecule has 0 saturated heterocycles. The van der Waals surface area contributed by atoms with Crippen molar-refractivity contribution in [3.8, 4) is 0 Å². The second-order valence-electron chi connectivity index (χ2n) is 4.63. The summed E-state index contributed by atoms with van der Waals surface area (Å²) in [6.07, 6.45) is 1.92. The predicted molar refractivity (Wildman–Crippen MR) is 63.5 cm³/mol. The molecule has 0 fully saturated rings. The van der Waals surface area contributed by atoms with Gasteiger partial charge in [0.25, 0.3) is 0 Å². The maximum Gasteiger partial charge on any atom is 0.140 e. The first-order valence-corrected chi connectivity index (χ1v) is 5.82. The molecule has 2 aromatic rings. The highest BCUT2D eigenvalue weighted by molar-refractivity contribution is 5.81. The summed E-state index contributed by atoms with van der Waals surface area (Å²) < 4.78 is 7.76. The summed E-state index contributed by atoms with van der Waals surface area (Å²) in [5.41, 5.74) is 3.75. The fourth-order valence-corrected chi connectivity index (χ4v) is 2.43. The molecule has 2 aromatic heterocycles. The Balaban J connectivity index is 2.29. The van der Waals surface area contributed by atoms with Crippen LogP contribution < -0.4 is 0 Å². The molecule has 0 aromatic carbocycles. The van der Waals surface area contributed by atoms with Crippen LogP contribution in [-0.2, 0) is 17.9 Å². The van der Waals surface area contributed by atoms with Crippen LogP contribution in [0.1, 0.15) is 31.0 Å². The molecule has 0 bridgehead atoms. The molecule has 1 aliphatic heterocycles. The van der Waals surface area contributed by atoms with Crippen LogP contribution in [0.2, 0.25) is 0 Å². The molecule has 1 aliphatic rings. The first-order chi connectivity index (χ1) is 7.77. The van der Waals surface area contributed by atoms with Gasteiger partial charge in [-0.05, 0) is 23.6 Å². The molecule has 0 saturated carbocycles. The van der Waals surface area contributed by atoms with Gasteiger partial charge in [-0.1, -0.05) is 13.8 Å². The molecular weight excluding hydrogens is 200 g/mol. The van der Waals surface area contributed by atoms with E-state index in [0.29, 0.717) is 12.5 Å². The number of pyridine rings is 1. The summed E-state index contributed by atoms with van der Waals surface area (Å²) in [7, 11) is 0. The third-order valence-electron chi connectivity index (χ3n) is 3.25. The Morgan fingerprint density at radius 1 is 1.44 bits per heavy atom. The fourth-order valence-electron chi connectivity index (χ4n) is 2.43. The second-order valence-corrected chi connectivity index (χ2v) is 4.63. The van der Waals surface area contributed by atoms with Gasteiger partial charge in [0.15, 0.2) is 0 Å². The van der Waals surface area contributed by atoms with Crippen LogP contribution in [0.25, 0.3) is 11.0 Å². The van der Waals surface area contributed by atoms with E-state index in [1.807, 2.05) is 6.20 Å². The Morgan fingerprint density at radius 3 is 3.12 bits per heavy atom. The van der Waals surface area contributed by atoms with E-state index in [1.54, 1.807) is 0 Å². The van der Waals surface area contributed by atoms with Crippen LogP contribution in [0.4, 0.5) is 0 Å². The smallest absolute Gasteiger partial charge is 0.140 e. The van der Waals surface area contributed by atoms with Crippen LogP contribution in [0, 0.1) is 0 Å². The normalized spacial score (nSPS) is 15.7. The summed E-state index contributed by atoms with van der Waals surface area (Å²) in [6.45, 7) is 6.88. The van der Waals surface area contributed by atoms with Gasteiger partial charge >= 0.3 is 0 Å². The van der Waals surface area contributed by atoms with Crippen LogP contribution in [0.3, 0.4) is 0 Å². The average Bonchev–Trinajstić information content (AvgIpc) is 2.67. The van der Waals surface area contributed by atoms with Crippen molar-refractivity contribution in [1.82, 2.24) is 9.55 Å². The molecule has 0 unspecified atom stereocenters. The number of aromatic nitrogens is 2. The van der Waals surface area contributed by atoms with Crippen LogP contribution >= 0.6 is 0 Å². The van der Waals surface area contributed by atoms with Crippen molar-refractivity contribution in [2.75, 3.05) is 6.61 Å². The van der Waals surface area contributed by atoms with Gasteiger partial charge < -0.3 is 9.30 Å². The largest absolute Gasteiger partial charge is 0.373 e. The van der Waals surface area contributed by atoms with Gasteiger partial charge in [-0.15, -0.1) is 0 Å². The van der Waals surface area contributed by atoms with E-state index in [4.69, 9.17) is 4.74 Å². The molecule has 16 heavy (non-hydrogen) atoms. The molecule has 0 aliphatic carbocycles. The summed E-state index contributed by atoms with van der Waals surface area (Å²) in [6, 6.07) is 4.36. The van der Waals surface area contributed by atoms with E-state index in [1.165, 1.54) is 16.6 Å². The quantitative estimate of drug-likeness (QED) is 0.732. The van der Waals surface area contributed by atoms with Crippen molar-refractivity contribution in [2.24, 2.45) is 0 Å². The third-order valence-corrected chi connectivity index (χ3v) is 3.25. The minimum absolute atomic E-state index is 0.538. The third kappa shape index (κ3) is 1.35. The summed E-state index contributed by atoms with van der Waals surface area (Å²) >= 11 is 0. The molecule has 3 rings (SSSR count). The van der Waals surface area contributed by atoms with Gasteiger partial charge in [0, 0.05) is 23.8 Å². The fraction of sp³-hybridized carbons (Fsp3) is 0.462. The summed E-state index contributed by atoms with van der Waals surface area (Å²) in [4.78, 5) is 4.50. The molecule has 3 heterocycles. The highest BCUT2D eigenvalue weighted by atomic mass is 16.5. The molecule has 0 spiro atoms. The lowest BCUT2D eigenvalue weighted by atomic mass is 10.0. The zero-order chi connectivity index (χ0) is 11.1. The van der Waals surface area contributed by atoms with Crippen molar-refractivity contribution in [1.29, 1.82) is 0 Å². The predicted octanol–water partition coefficient (Wildman–Crippen LogP) is 2.69. The molecule has 3 nitrogen and oxygen atoms in total. The SMILES string of the molecule is CC(C)c1ccnc2c1cc1n2CCOC1. The first kappa shape index (κ1) is 9.85. The van der Waals surface area contributed by atoms with Gasteiger partial charge in [-0.25, -0.2) is 4.98 Å². The van der Waals surface area contributed by atoms with Crippen molar-refractivity contribution in [2.45, 2.75) is 32.9 Å². The van der Waals surface area contributed by atoms with E-state index in [0.717, 1.165) is 18.8 Å². The van der Waals surface area contributed by atoms with E-state index in [2.05, 4.69) is 35.5 Å². The Hall–Kier alpha value is -1.35. The van der Waals surface area contributed by atoms with Crippen molar-refractivity contribution in [3.05, 3.63) is 29.6 Å². The molecule has 0 radical (unpaired) electrons. The topological polar surface area (TPSA) is 27.1 Å². The maximum absolute atomic E-state index is 5.48. The molecule has 84 valence electrons. The highest BCUT2D eigenvalue weighted by Crippen LogP contribution is 2.28.